The molecule has 0 radical (unpaired) electrons. The van der Waals surface area contributed by atoms with E-state index in [0.717, 1.165) is 0 Å². The molecular formula is C15H28NO7P. The highest BCUT2D eigenvalue weighted by atomic mass is 31.0. The molecule has 0 saturated carbocycles. The highest BCUT2D eigenvalue weighted by molar-refractivity contribution is 7.16. The van der Waals surface area contributed by atoms with Crippen LogP contribution >= 0.6 is 9.18 Å². The van der Waals surface area contributed by atoms with Gasteiger partial charge < -0.3 is 29.4 Å². The van der Waals surface area contributed by atoms with Crippen molar-refractivity contribution in [2.24, 2.45) is 0 Å². The lowest BCUT2D eigenvalue weighted by Crippen LogP contribution is -2.31. The van der Waals surface area contributed by atoms with E-state index in [4.69, 9.17) is 25.3 Å². The molecule has 0 spiro atoms. The maximum absolute atomic E-state index is 11.6. The van der Waals surface area contributed by atoms with Crippen LogP contribution in [0.3, 0.4) is 0 Å². The summed E-state index contributed by atoms with van der Waals surface area (Å²) >= 11 is 0. The molecule has 0 aromatic rings. The first kappa shape index (κ1) is 20.8. The summed E-state index contributed by atoms with van der Waals surface area (Å²) in [7, 11) is 1.31. The van der Waals surface area contributed by atoms with Crippen molar-refractivity contribution in [3.05, 3.63) is 12.3 Å². The molecule has 0 saturated heterocycles. The third kappa shape index (κ3) is 11.3. The normalized spacial score (nSPS) is 14.0. The summed E-state index contributed by atoms with van der Waals surface area (Å²) in [5, 5.41) is 11.6. The molecule has 0 aliphatic heterocycles. The quantitative estimate of drug-likeness (QED) is 0.189. The zero-order valence-electron chi connectivity index (χ0n) is 15.2. The Morgan fingerprint density at radius 1 is 1.38 bits per heavy atom. The van der Waals surface area contributed by atoms with Crippen molar-refractivity contribution in [3.8, 4) is 0 Å². The smallest absolute Gasteiger partial charge is 0.306 e. The first-order chi connectivity index (χ1) is 12.0. The van der Waals surface area contributed by atoms with Crippen molar-refractivity contribution in [2.45, 2.75) is 38.6 Å². The molecule has 0 aromatic heterocycles. The summed E-state index contributed by atoms with van der Waals surface area (Å²) in [4.78, 5) is 23.3. The Morgan fingerprint density at radius 3 is 2.71 bits per heavy atom. The molecule has 140 valence electrons. The van der Waals surface area contributed by atoms with Gasteiger partial charge in [0.25, 0.3) is 0 Å². The molecule has 9 heteroatoms. The number of carbonyl (C=O) groups excluding carboxylic acids is 2. The summed E-state index contributed by atoms with van der Waals surface area (Å²) in [5.41, 5.74) is 0. The van der Waals surface area contributed by atoms with Crippen LogP contribution in [0.15, 0.2) is 12.3 Å². The van der Waals surface area contributed by atoms with Crippen molar-refractivity contribution < 1.29 is 33.6 Å². The summed E-state index contributed by atoms with van der Waals surface area (Å²) in [6.07, 6.45) is -0.422. The fourth-order valence-electron chi connectivity index (χ4n) is 1.53. The molecule has 0 aromatic carbocycles. The van der Waals surface area contributed by atoms with Crippen molar-refractivity contribution in [2.75, 3.05) is 33.2 Å². The van der Waals surface area contributed by atoms with Crippen LogP contribution < -0.4 is 5.32 Å². The number of amides is 1. The van der Waals surface area contributed by atoms with E-state index in [9.17, 15) is 9.59 Å². The molecule has 3 atom stereocenters. The van der Waals surface area contributed by atoms with Crippen molar-refractivity contribution >= 4 is 21.1 Å². The van der Waals surface area contributed by atoms with Gasteiger partial charge in [0.1, 0.15) is 18.7 Å². The van der Waals surface area contributed by atoms with E-state index >= 15 is 0 Å². The van der Waals surface area contributed by atoms with Crippen LogP contribution in [0.1, 0.15) is 26.2 Å². The highest BCUT2D eigenvalue weighted by Gasteiger charge is 2.17. The number of esters is 1. The molecule has 0 bridgehead atoms. The van der Waals surface area contributed by atoms with Gasteiger partial charge >= 0.3 is 5.97 Å². The largest absolute Gasteiger partial charge is 0.493 e. The topological polar surface area (TPSA) is 103 Å². The molecule has 0 fully saturated rings. The average Bonchev–Trinajstić information content (AvgIpc) is 2.63. The van der Waals surface area contributed by atoms with Crippen LogP contribution in [0, 0.1) is 0 Å². The lowest BCUT2D eigenvalue weighted by molar-refractivity contribution is -0.194. The molecule has 2 N–H and O–H groups in total. The predicted octanol–water partition coefficient (Wildman–Crippen LogP) is 0.549. The minimum atomic E-state index is -0.770. The fraction of sp³-hybridized carbons (Fsp3) is 0.733. The number of aliphatic hydroxyl groups is 1. The molecule has 24 heavy (non-hydrogen) atoms. The molecule has 3 unspecified atom stereocenters. The summed E-state index contributed by atoms with van der Waals surface area (Å²) in [5.74, 6) is -0.519. The molecule has 0 rings (SSSR count). The zero-order valence-corrected chi connectivity index (χ0v) is 15.2. The number of carbonyl (C=O) groups is 2. The third-order valence-corrected chi connectivity index (χ3v) is 3.11. The van der Waals surface area contributed by atoms with Gasteiger partial charge in [0.2, 0.25) is 5.91 Å². The third-order valence-electron chi connectivity index (χ3n) is 2.96. The monoisotopic (exact) mass is 367 g/mol. The Labute approximate surface area is 146 Å². The highest BCUT2D eigenvalue weighted by Crippen LogP contribution is 2.05. The van der Waals surface area contributed by atoms with Gasteiger partial charge in [-0.3, -0.25) is 9.59 Å². The minimum Gasteiger partial charge on any atom is -0.493 e. The molecular weight excluding hydrogens is 337 g/mol. The van der Waals surface area contributed by atoms with E-state index in [2.05, 4.69) is 11.9 Å². The van der Waals surface area contributed by atoms with E-state index < -0.39 is 12.3 Å². The maximum atomic E-state index is 11.6. The lowest BCUT2D eigenvalue weighted by Gasteiger charge is -2.21. The Bertz CT molecular complexity index is 407. The van der Waals surface area contributed by atoms with Crippen LogP contribution in [-0.4, -0.2) is 63.9 Å². The SMILES string of the molecule is [3H]PCOC(=C)CNC(=O)CCC(=O)OCC(OC)OC(CC)CO. The maximum Gasteiger partial charge on any atom is 0.306 e. The molecule has 0 aliphatic rings. The van der Waals surface area contributed by atoms with Gasteiger partial charge in [-0.25, -0.2) is 0 Å². The van der Waals surface area contributed by atoms with Crippen molar-refractivity contribution in [1.29, 1.82) is 1.28 Å². The van der Waals surface area contributed by atoms with Crippen molar-refractivity contribution in [1.82, 2.24) is 5.32 Å². The second-order valence-corrected chi connectivity index (χ2v) is 5.09. The van der Waals surface area contributed by atoms with E-state index in [1.54, 1.807) is 0 Å². The predicted molar refractivity (Wildman–Crippen MR) is 91.1 cm³/mol. The number of rotatable bonds is 15. The van der Waals surface area contributed by atoms with Gasteiger partial charge in [-0.15, -0.1) is 0 Å². The van der Waals surface area contributed by atoms with Gasteiger partial charge in [-0.1, -0.05) is 22.7 Å². The van der Waals surface area contributed by atoms with Gasteiger partial charge in [0, 0.05) is 13.5 Å². The Balaban J connectivity index is 3.94. The van der Waals surface area contributed by atoms with Crippen LogP contribution in [0.5, 0.6) is 0 Å². The standard InChI is InChI=1S/C15H28NO7P/c1-4-12(8-17)23-15(20-3)9-21-14(19)6-5-13(18)16-7-11(2)22-10-24/h12,15,17H,2,4-10,24H2,1,3H3,(H,16,18)/i24T. The number of nitrogens with one attached hydrogen (secondary N) is 1. The van der Waals surface area contributed by atoms with Gasteiger partial charge in [0.05, 0.1) is 27.0 Å². The Hall–Kier alpha value is -1.21. The van der Waals surface area contributed by atoms with Crippen molar-refractivity contribution in [3.63, 3.8) is 0 Å². The first-order valence-corrected chi connectivity index (χ1v) is 8.34. The van der Waals surface area contributed by atoms with Crippen LogP contribution in [0.2, 0.25) is 0 Å². The molecule has 0 aliphatic carbocycles. The average molecular weight is 367 g/mol. The zero-order chi connectivity index (χ0) is 19.1. The fourth-order valence-corrected chi connectivity index (χ4v) is 1.74. The lowest BCUT2D eigenvalue weighted by atomic mass is 10.3. The van der Waals surface area contributed by atoms with Crippen LogP contribution in [0.4, 0.5) is 0 Å². The Morgan fingerprint density at radius 2 is 2.12 bits per heavy atom. The second-order valence-electron chi connectivity index (χ2n) is 4.80. The Kier molecular flexibility index (Phi) is 12.3. The van der Waals surface area contributed by atoms with E-state index in [1.165, 1.54) is 7.11 Å². The van der Waals surface area contributed by atoms with Gasteiger partial charge in [-0.2, -0.15) is 0 Å². The van der Waals surface area contributed by atoms with E-state index in [1.807, 2.05) is 6.92 Å². The first-order valence-electron chi connectivity index (χ1n) is 8.13. The van der Waals surface area contributed by atoms with E-state index in [0.29, 0.717) is 12.2 Å². The summed E-state index contributed by atoms with van der Waals surface area (Å²) < 4.78 is 27.5. The molecule has 0 heterocycles. The van der Waals surface area contributed by atoms with Gasteiger partial charge in [0.15, 0.2) is 6.29 Å². The number of methoxy groups -OCH3 is 1. The summed E-state index contributed by atoms with van der Waals surface area (Å²) in [6.45, 7) is 5.32. The molecule has 1 amide bonds. The minimum absolute atomic E-state index is 0.0287. The number of ether oxygens (including phenoxy) is 4. The van der Waals surface area contributed by atoms with Gasteiger partial charge in [-0.05, 0) is 6.42 Å². The van der Waals surface area contributed by atoms with E-state index in [-0.39, 0.29) is 60.1 Å². The van der Waals surface area contributed by atoms with Crippen LogP contribution in [-0.2, 0) is 28.5 Å². The number of hydrogen-bond acceptors (Lipinski definition) is 7. The second kappa shape index (κ2) is 14.2. The number of aliphatic hydroxyl groups excluding tert-OH is 1. The summed E-state index contributed by atoms with van der Waals surface area (Å²) in [6, 6.07) is 0. The van der Waals surface area contributed by atoms with Crippen LogP contribution in [0.25, 0.3) is 0 Å². The number of hydrogen-bond donors (Lipinski definition) is 2. The molecule has 8 nitrogen and oxygen atoms in total.